The highest BCUT2D eigenvalue weighted by atomic mass is 32.1. The van der Waals surface area contributed by atoms with Gasteiger partial charge in [0.15, 0.2) is 11.5 Å². The van der Waals surface area contributed by atoms with Crippen molar-refractivity contribution in [3.8, 4) is 0 Å². The average molecular weight is 383 g/mol. The number of aryl methyl sites for hydroxylation is 3. The molecule has 1 amide bonds. The number of amides is 1. The molecule has 140 valence electrons. The number of rotatable bonds is 4. The zero-order chi connectivity index (χ0) is 19.3. The van der Waals surface area contributed by atoms with E-state index in [-0.39, 0.29) is 17.9 Å². The number of nitrogens with one attached hydrogen (secondary N) is 1. The van der Waals surface area contributed by atoms with Gasteiger partial charge in [-0.15, -0.1) is 16.4 Å². The van der Waals surface area contributed by atoms with Crippen LogP contribution in [0.5, 0.6) is 0 Å². The molecule has 0 bridgehead atoms. The van der Waals surface area contributed by atoms with Crippen molar-refractivity contribution in [3.05, 3.63) is 45.4 Å². The molecule has 4 aromatic rings. The Hall–Kier alpha value is -2.74. The number of fused-ring (bicyclic) bond motifs is 3. The SMILES string of the molecule is Cc1cc(C(=O)NC(c2nc3c4c(C)c(C)oc4ncn3n2)C(C)C)cs1. The van der Waals surface area contributed by atoms with Crippen LogP contribution in [0.2, 0.25) is 0 Å². The summed E-state index contributed by atoms with van der Waals surface area (Å²) in [5, 5.41) is 10.4. The summed E-state index contributed by atoms with van der Waals surface area (Å²) in [7, 11) is 0. The predicted molar refractivity (Wildman–Crippen MR) is 104 cm³/mol. The van der Waals surface area contributed by atoms with Crippen LogP contribution in [0.15, 0.2) is 22.2 Å². The summed E-state index contributed by atoms with van der Waals surface area (Å²) in [5.74, 6) is 1.40. The fourth-order valence-corrected chi connectivity index (χ4v) is 3.79. The van der Waals surface area contributed by atoms with Crippen LogP contribution in [0.3, 0.4) is 0 Å². The molecule has 1 atom stereocenters. The molecule has 4 heterocycles. The molecule has 0 fully saturated rings. The summed E-state index contributed by atoms with van der Waals surface area (Å²) < 4.78 is 7.34. The summed E-state index contributed by atoms with van der Waals surface area (Å²) in [6.45, 7) is 9.95. The van der Waals surface area contributed by atoms with E-state index < -0.39 is 0 Å². The lowest BCUT2D eigenvalue weighted by atomic mass is 10.0. The molecular weight excluding hydrogens is 362 g/mol. The minimum atomic E-state index is -0.305. The minimum Gasteiger partial charge on any atom is -0.443 e. The van der Waals surface area contributed by atoms with Crippen LogP contribution in [0.1, 0.15) is 52.3 Å². The van der Waals surface area contributed by atoms with Gasteiger partial charge in [0.05, 0.1) is 17.0 Å². The van der Waals surface area contributed by atoms with Gasteiger partial charge in [0.25, 0.3) is 5.91 Å². The summed E-state index contributed by atoms with van der Waals surface area (Å²) in [4.78, 5) is 22.8. The van der Waals surface area contributed by atoms with Gasteiger partial charge in [-0.25, -0.2) is 14.5 Å². The van der Waals surface area contributed by atoms with Gasteiger partial charge < -0.3 is 9.73 Å². The van der Waals surface area contributed by atoms with Crippen LogP contribution in [0.4, 0.5) is 0 Å². The van der Waals surface area contributed by atoms with Crippen LogP contribution in [-0.4, -0.2) is 25.5 Å². The normalized spacial score (nSPS) is 13.0. The molecule has 0 aliphatic rings. The maximum absolute atomic E-state index is 12.6. The van der Waals surface area contributed by atoms with Gasteiger partial charge >= 0.3 is 0 Å². The standard InChI is InChI=1S/C19H21N5O2S/c1-9(2)15(21-18(25)13-6-10(3)27-7-13)16-22-17-14-11(4)12(5)26-19(14)20-8-24(17)23-16/h6-9,15H,1-5H3,(H,21,25). The first-order chi connectivity index (χ1) is 12.8. The van der Waals surface area contributed by atoms with E-state index in [9.17, 15) is 4.79 Å². The van der Waals surface area contributed by atoms with Gasteiger partial charge in [-0.1, -0.05) is 13.8 Å². The second-order valence-corrected chi connectivity index (χ2v) is 8.20. The van der Waals surface area contributed by atoms with Gasteiger partial charge in [0.2, 0.25) is 5.71 Å². The van der Waals surface area contributed by atoms with Gasteiger partial charge in [-0.3, -0.25) is 4.79 Å². The van der Waals surface area contributed by atoms with Crippen LogP contribution < -0.4 is 5.32 Å². The summed E-state index contributed by atoms with van der Waals surface area (Å²) in [6, 6.07) is 1.58. The van der Waals surface area contributed by atoms with E-state index in [1.54, 1.807) is 22.2 Å². The zero-order valence-corrected chi connectivity index (χ0v) is 16.7. The number of nitrogens with zero attached hydrogens (tertiary/aromatic N) is 4. The smallest absolute Gasteiger partial charge is 0.252 e. The third-order valence-corrected chi connectivity index (χ3v) is 5.61. The lowest BCUT2D eigenvalue weighted by molar-refractivity contribution is 0.0923. The Labute approximate surface area is 160 Å². The lowest BCUT2D eigenvalue weighted by Gasteiger charge is -2.19. The monoisotopic (exact) mass is 383 g/mol. The third kappa shape index (κ3) is 2.99. The molecule has 0 aliphatic heterocycles. The molecule has 1 N–H and O–H groups in total. The van der Waals surface area contributed by atoms with Gasteiger partial charge in [-0.2, -0.15) is 0 Å². The fourth-order valence-electron chi connectivity index (χ4n) is 3.11. The number of carbonyl (C=O) groups is 1. The Kier molecular flexibility index (Phi) is 4.22. The maximum Gasteiger partial charge on any atom is 0.252 e. The molecule has 4 rings (SSSR count). The number of hydrogen-bond acceptors (Lipinski definition) is 6. The molecule has 8 heteroatoms. The number of carbonyl (C=O) groups excluding carboxylic acids is 1. The maximum atomic E-state index is 12.6. The van der Waals surface area contributed by atoms with Crippen molar-refractivity contribution in [1.82, 2.24) is 24.9 Å². The summed E-state index contributed by atoms with van der Waals surface area (Å²) in [6.07, 6.45) is 1.60. The number of furan rings is 1. The van der Waals surface area contributed by atoms with Crippen LogP contribution in [-0.2, 0) is 0 Å². The molecule has 4 aromatic heterocycles. The Bertz CT molecular complexity index is 1150. The second-order valence-electron chi connectivity index (χ2n) is 7.09. The topological polar surface area (TPSA) is 85.3 Å². The number of aromatic nitrogens is 4. The molecule has 0 spiro atoms. The van der Waals surface area contributed by atoms with E-state index in [4.69, 9.17) is 9.40 Å². The van der Waals surface area contributed by atoms with E-state index in [1.807, 2.05) is 46.1 Å². The third-order valence-electron chi connectivity index (χ3n) is 4.75. The largest absolute Gasteiger partial charge is 0.443 e. The highest BCUT2D eigenvalue weighted by Gasteiger charge is 2.25. The van der Waals surface area contributed by atoms with Crippen molar-refractivity contribution in [2.75, 3.05) is 0 Å². The molecule has 0 radical (unpaired) electrons. The molecule has 7 nitrogen and oxygen atoms in total. The van der Waals surface area contributed by atoms with Crippen LogP contribution in [0.25, 0.3) is 16.7 Å². The molecular formula is C19H21N5O2S. The molecule has 0 aromatic carbocycles. The van der Waals surface area contributed by atoms with Crippen molar-refractivity contribution in [2.45, 2.75) is 40.7 Å². The second kappa shape index (κ2) is 6.45. The molecule has 1 unspecified atom stereocenters. The quantitative estimate of drug-likeness (QED) is 0.576. The van der Waals surface area contributed by atoms with E-state index in [2.05, 4.69) is 15.4 Å². The van der Waals surface area contributed by atoms with Crippen LogP contribution in [0, 0.1) is 26.7 Å². The molecule has 0 aliphatic carbocycles. The zero-order valence-electron chi connectivity index (χ0n) is 15.9. The molecule has 0 saturated carbocycles. The Morgan fingerprint density at radius 2 is 2.07 bits per heavy atom. The van der Waals surface area contributed by atoms with E-state index >= 15 is 0 Å². The molecule has 0 saturated heterocycles. The number of thiophene rings is 1. The first-order valence-corrected chi connectivity index (χ1v) is 9.70. The minimum absolute atomic E-state index is 0.115. The van der Waals surface area contributed by atoms with Gasteiger partial charge in [0, 0.05) is 15.8 Å². The lowest BCUT2D eigenvalue weighted by Crippen LogP contribution is -2.32. The summed E-state index contributed by atoms with van der Waals surface area (Å²) in [5.41, 5.74) is 2.91. The van der Waals surface area contributed by atoms with Crippen molar-refractivity contribution in [2.24, 2.45) is 5.92 Å². The van der Waals surface area contributed by atoms with Gasteiger partial charge in [-0.05, 0) is 32.8 Å². The van der Waals surface area contributed by atoms with Gasteiger partial charge in [0.1, 0.15) is 12.1 Å². The first-order valence-electron chi connectivity index (χ1n) is 8.82. The fraction of sp³-hybridized carbons (Fsp3) is 0.368. The Morgan fingerprint density at radius 1 is 1.30 bits per heavy atom. The highest BCUT2D eigenvalue weighted by molar-refractivity contribution is 7.10. The van der Waals surface area contributed by atoms with E-state index in [0.717, 1.165) is 21.6 Å². The van der Waals surface area contributed by atoms with Crippen LogP contribution >= 0.6 is 11.3 Å². The predicted octanol–water partition coefficient (Wildman–Crippen LogP) is 3.98. The number of hydrogen-bond donors (Lipinski definition) is 1. The average Bonchev–Trinajstić information content (AvgIpc) is 3.30. The van der Waals surface area contributed by atoms with E-state index in [0.29, 0.717) is 22.7 Å². The van der Waals surface area contributed by atoms with Crippen molar-refractivity contribution >= 4 is 34.0 Å². The molecule has 27 heavy (non-hydrogen) atoms. The van der Waals surface area contributed by atoms with Crippen molar-refractivity contribution in [1.29, 1.82) is 0 Å². The Morgan fingerprint density at radius 3 is 2.74 bits per heavy atom. The van der Waals surface area contributed by atoms with Crippen molar-refractivity contribution < 1.29 is 9.21 Å². The first kappa shape index (κ1) is 17.7. The Balaban J connectivity index is 1.75. The summed E-state index contributed by atoms with van der Waals surface area (Å²) >= 11 is 1.56. The highest BCUT2D eigenvalue weighted by Crippen LogP contribution is 2.28. The van der Waals surface area contributed by atoms with Crippen molar-refractivity contribution in [3.63, 3.8) is 0 Å². The van der Waals surface area contributed by atoms with E-state index in [1.165, 1.54) is 0 Å².